The number of esters is 1. The molecule has 5 rings (SSSR count). The van der Waals surface area contributed by atoms with Crippen LogP contribution in [0, 0.1) is 34.5 Å². The molecule has 0 amide bonds. The van der Waals surface area contributed by atoms with E-state index >= 15 is 0 Å². The van der Waals surface area contributed by atoms with Crippen LogP contribution in [0.4, 0.5) is 0 Å². The number of fused-ring (bicyclic) bond motifs is 4. The van der Waals surface area contributed by atoms with Gasteiger partial charge in [0.05, 0.1) is 5.92 Å². The summed E-state index contributed by atoms with van der Waals surface area (Å²) in [5, 5.41) is 0. The quantitative estimate of drug-likeness (QED) is 0.567. The Morgan fingerprint density at radius 1 is 1.04 bits per heavy atom. The summed E-state index contributed by atoms with van der Waals surface area (Å²) >= 11 is 0. The fraction of sp³-hybridized carbons (Fsp3) is 0.900. The van der Waals surface area contributed by atoms with Gasteiger partial charge in [-0.25, -0.2) is 0 Å². The summed E-state index contributed by atoms with van der Waals surface area (Å²) in [6.45, 7) is 4.87. The Kier molecular flexibility index (Phi) is 3.29. The van der Waals surface area contributed by atoms with Crippen molar-refractivity contribution in [3.63, 3.8) is 0 Å². The Morgan fingerprint density at radius 3 is 2.48 bits per heavy atom. The number of carbonyl (C=O) groups is 2. The minimum absolute atomic E-state index is 0.0131. The summed E-state index contributed by atoms with van der Waals surface area (Å²) in [6.07, 6.45) is 7.91. The maximum absolute atomic E-state index is 12.4. The highest BCUT2D eigenvalue weighted by Gasteiger charge is 2.68. The summed E-state index contributed by atoms with van der Waals surface area (Å²) in [5.41, 5.74) is -0.203. The van der Waals surface area contributed by atoms with E-state index in [2.05, 4.69) is 13.8 Å². The lowest BCUT2D eigenvalue weighted by Gasteiger charge is -2.58. The van der Waals surface area contributed by atoms with Crippen LogP contribution in [-0.4, -0.2) is 30.9 Å². The van der Waals surface area contributed by atoms with Crippen LogP contribution in [0.25, 0.3) is 0 Å². The zero-order chi connectivity index (χ0) is 17.4. The van der Waals surface area contributed by atoms with Gasteiger partial charge in [-0.05, 0) is 55.8 Å². The molecular formula is C20H28O5. The van der Waals surface area contributed by atoms with Crippen molar-refractivity contribution in [1.82, 2.24) is 0 Å². The SMILES string of the molecule is C[C@]1([C@H]2CC[C@@]3(C)[C@@H](CCC34OCO4)[C@@H]2C=O)CC[C@H]2C[C@@H]1C(=O)O2. The summed E-state index contributed by atoms with van der Waals surface area (Å²) < 4.78 is 17.3. The second kappa shape index (κ2) is 5.07. The predicted molar refractivity (Wildman–Crippen MR) is 88.2 cm³/mol. The fourth-order valence-electron chi connectivity index (χ4n) is 7.25. The average Bonchev–Trinajstić information content (AvgIpc) is 3.05. The van der Waals surface area contributed by atoms with Crippen LogP contribution in [0.3, 0.4) is 0 Å². The van der Waals surface area contributed by atoms with Crippen LogP contribution in [0.5, 0.6) is 0 Å². The molecule has 0 aromatic heterocycles. The van der Waals surface area contributed by atoms with Gasteiger partial charge < -0.3 is 19.0 Å². The van der Waals surface area contributed by atoms with E-state index in [1.807, 2.05) is 0 Å². The van der Waals surface area contributed by atoms with Crippen molar-refractivity contribution in [2.45, 2.75) is 70.7 Å². The molecule has 5 fully saturated rings. The molecule has 25 heavy (non-hydrogen) atoms. The van der Waals surface area contributed by atoms with Crippen molar-refractivity contribution in [3.05, 3.63) is 0 Å². The normalized spacial score (nSPS) is 53.2. The van der Waals surface area contributed by atoms with Crippen molar-refractivity contribution in [2.24, 2.45) is 34.5 Å². The van der Waals surface area contributed by atoms with Gasteiger partial charge in [0, 0.05) is 17.8 Å². The molecule has 1 spiro atoms. The topological polar surface area (TPSA) is 61.8 Å². The van der Waals surface area contributed by atoms with E-state index < -0.39 is 5.79 Å². The molecule has 5 aliphatic rings. The number of carbonyl (C=O) groups excluding carboxylic acids is 2. The Balaban J connectivity index is 1.48. The highest BCUT2D eigenvalue weighted by atomic mass is 16.9. The Morgan fingerprint density at radius 2 is 1.80 bits per heavy atom. The first-order valence-electron chi connectivity index (χ1n) is 9.87. The third-order valence-corrected chi connectivity index (χ3v) is 8.83. The Labute approximate surface area is 148 Å². The smallest absolute Gasteiger partial charge is 0.309 e. The lowest BCUT2D eigenvalue weighted by molar-refractivity contribution is -0.436. The van der Waals surface area contributed by atoms with Gasteiger partial charge in [0.15, 0.2) is 12.6 Å². The second-order valence-corrected chi connectivity index (χ2v) is 9.47. The molecule has 0 unspecified atom stereocenters. The summed E-state index contributed by atoms with van der Waals surface area (Å²) in [4.78, 5) is 24.7. The standard InChI is InChI=1S/C20H28O5/c1-18(6-3-12-9-16(18)17(22)25-12)14-4-7-19(2)15(13(14)10-21)5-8-20(19)23-11-24-20/h10,12-16H,3-9,11H2,1-2H3/t12-,13+,14-,15-,16+,18+,19-/m0/s1. The number of rotatable bonds is 2. The number of aldehydes is 1. The molecule has 0 aromatic rings. The van der Waals surface area contributed by atoms with Gasteiger partial charge in [0.25, 0.3) is 0 Å². The second-order valence-electron chi connectivity index (χ2n) is 9.47. The van der Waals surface area contributed by atoms with Crippen LogP contribution in [-0.2, 0) is 23.8 Å². The molecule has 0 aromatic carbocycles. The van der Waals surface area contributed by atoms with Gasteiger partial charge in [-0.15, -0.1) is 0 Å². The van der Waals surface area contributed by atoms with Gasteiger partial charge in [-0.1, -0.05) is 13.8 Å². The van der Waals surface area contributed by atoms with E-state index in [4.69, 9.17) is 14.2 Å². The van der Waals surface area contributed by atoms with Crippen LogP contribution >= 0.6 is 0 Å². The van der Waals surface area contributed by atoms with Crippen molar-refractivity contribution in [3.8, 4) is 0 Å². The van der Waals surface area contributed by atoms with Crippen molar-refractivity contribution >= 4 is 12.3 Å². The van der Waals surface area contributed by atoms with Crippen LogP contribution in [0.15, 0.2) is 0 Å². The minimum atomic E-state index is -0.464. The molecule has 2 bridgehead atoms. The van der Waals surface area contributed by atoms with E-state index in [1.165, 1.54) is 6.29 Å². The van der Waals surface area contributed by atoms with Gasteiger partial charge in [0.2, 0.25) is 0 Å². The lowest BCUT2D eigenvalue weighted by atomic mass is 9.49. The van der Waals surface area contributed by atoms with Crippen molar-refractivity contribution in [2.75, 3.05) is 6.79 Å². The van der Waals surface area contributed by atoms with Gasteiger partial charge in [-0.3, -0.25) is 4.79 Å². The molecule has 5 nitrogen and oxygen atoms in total. The molecule has 7 atom stereocenters. The van der Waals surface area contributed by atoms with Crippen molar-refractivity contribution in [1.29, 1.82) is 0 Å². The Hall–Kier alpha value is -0.940. The van der Waals surface area contributed by atoms with E-state index in [9.17, 15) is 9.59 Å². The Bertz CT molecular complexity index is 613. The molecule has 2 aliphatic heterocycles. The maximum Gasteiger partial charge on any atom is 0.309 e. The summed E-state index contributed by atoms with van der Waals surface area (Å²) in [6, 6.07) is 0. The molecule has 2 heterocycles. The van der Waals surface area contributed by atoms with Crippen LogP contribution in [0.2, 0.25) is 0 Å². The van der Waals surface area contributed by atoms with E-state index in [0.717, 1.165) is 44.9 Å². The van der Waals surface area contributed by atoms with E-state index in [-0.39, 0.29) is 46.6 Å². The number of ether oxygens (including phenoxy) is 3. The van der Waals surface area contributed by atoms with E-state index in [1.54, 1.807) is 0 Å². The molecule has 0 radical (unpaired) electrons. The first-order chi connectivity index (χ1) is 11.9. The average molecular weight is 348 g/mol. The molecule has 0 N–H and O–H groups in total. The lowest BCUT2D eigenvalue weighted by Crippen LogP contribution is -2.60. The van der Waals surface area contributed by atoms with Crippen molar-refractivity contribution < 1.29 is 23.8 Å². The molecule has 3 saturated carbocycles. The van der Waals surface area contributed by atoms with Gasteiger partial charge in [-0.2, -0.15) is 0 Å². The number of hydrogen-bond acceptors (Lipinski definition) is 5. The summed E-state index contributed by atoms with van der Waals surface area (Å²) in [7, 11) is 0. The van der Waals surface area contributed by atoms with Crippen LogP contribution in [0.1, 0.15) is 58.8 Å². The number of hydrogen-bond donors (Lipinski definition) is 0. The minimum Gasteiger partial charge on any atom is -0.462 e. The van der Waals surface area contributed by atoms with Gasteiger partial charge >= 0.3 is 5.97 Å². The fourth-order valence-corrected chi connectivity index (χ4v) is 7.25. The van der Waals surface area contributed by atoms with E-state index in [0.29, 0.717) is 6.79 Å². The van der Waals surface area contributed by atoms with Gasteiger partial charge in [0.1, 0.15) is 12.4 Å². The molecule has 5 heteroatoms. The zero-order valence-corrected chi connectivity index (χ0v) is 15.2. The molecule has 138 valence electrons. The zero-order valence-electron chi connectivity index (χ0n) is 15.2. The monoisotopic (exact) mass is 348 g/mol. The largest absolute Gasteiger partial charge is 0.462 e. The van der Waals surface area contributed by atoms with Crippen LogP contribution < -0.4 is 0 Å². The molecule has 3 aliphatic carbocycles. The highest BCUT2D eigenvalue weighted by Crippen LogP contribution is 2.67. The maximum atomic E-state index is 12.4. The third kappa shape index (κ3) is 1.86. The molecule has 2 saturated heterocycles. The summed E-state index contributed by atoms with van der Waals surface area (Å²) in [5.74, 6) is 0.00679. The highest BCUT2D eigenvalue weighted by molar-refractivity contribution is 5.76. The predicted octanol–water partition coefficient (Wildman–Crippen LogP) is 3.06. The first kappa shape index (κ1) is 16.2. The first-order valence-corrected chi connectivity index (χ1v) is 9.87. The molecular weight excluding hydrogens is 320 g/mol. The third-order valence-electron chi connectivity index (χ3n) is 8.83.